The van der Waals surface area contributed by atoms with E-state index in [9.17, 15) is 9.59 Å². The highest BCUT2D eigenvalue weighted by molar-refractivity contribution is 5.73. The third kappa shape index (κ3) is 17.5. The van der Waals surface area contributed by atoms with Gasteiger partial charge in [0.2, 0.25) is 0 Å². The van der Waals surface area contributed by atoms with Crippen molar-refractivity contribution in [1.82, 2.24) is 0 Å². The van der Waals surface area contributed by atoms with Crippen molar-refractivity contribution in [3.05, 3.63) is 0 Å². The average molecular weight is 358 g/mol. The summed E-state index contributed by atoms with van der Waals surface area (Å²) in [5.41, 5.74) is 5.34. The lowest BCUT2D eigenvalue weighted by atomic mass is 10.0. The van der Waals surface area contributed by atoms with E-state index in [1.807, 2.05) is 0 Å². The predicted octanol–water partition coefficient (Wildman–Crippen LogP) is 4.81. The Morgan fingerprint density at radius 1 is 0.840 bits per heavy atom. The molecule has 5 heteroatoms. The number of carbonyl (C=O) groups is 2. The fourth-order valence-electron chi connectivity index (χ4n) is 2.78. The summed E-state index contributed by atoms with van der Waals surface area (Å²) in [5.74, 6) is -1.31. The van der Waals surface area contributed by atoms with Gasteiger partial charge in [-0.1, -0.05) is 84.0 Å². The summed E-state index contributed by atoms with van der Waals surface area (Å²) in [6, 6.07) is -0.954. The van der Waals surface area contributed by atoms with Gasteiger partial charge in [-0.05, 0) is 6.42 Å². The number of carbonyl (C=O) groups excluding carboxylic acids is 1. The van der Waals surface area contributed by atoms with Gasteiger partial charge < -0.3 is 15.6 Å². The molecule has 0 saturated heterocycles. The van der Waals surface area contributed by atoms with E-state index in [-0.39, 0.29) is 19.0 Å². The second kappa shape index (κ2) is 17.7. The van der Waals surface area contributed by atoms with Crippen LogP contribution >= 0.6 is 0 Å². The molecule has 0 radical (unpaired) electrons. The summed E-state index contributed by atoms with van der Waals surface area (Å²) in [6.45, 7) is 2.34. The van der Waals surface area contributed by atoms with Gasteiger partial charge in [0.05, 0.1) is 6.61 Å². The first-order valence-corrected chi connectivity index (χ1v) is 10.2. The maximum absolute atomic E-state index is 11.5. The third-order valence-electron chi connectivity index (χ3n) is 4.49. The highest BCUT2D eigenvalue weighted by Gasteiger charge is 2.12. The molecule has 0 saturated carbocycles. The van der Waals surface area contributed by atoms with Crippen molar-refractivity contribution < 1.29 is 19.4 Å². The van der Waals surface area contributed by atoms with Crippen LogP contribution in [0.25, 0.3) is 0 Å². The van der Waals surface area contributed by atoms with Crippen LogP contribution in [0.15, 0.2) is 0 Å². The topological polar surface area (TPSA) is 89.6 Å². The number of hydrogen-bond acceptors (Lipinski definition) is 4. The number of carboxylic acids is 1. The largest absolute Gasteiger partial charge is 0.480 e. The minimum absolute atomic E-state index is 0.0880. The number of rotatable bonds is 18. The van der Waals surface area contributed by atoms with Gasteiger partial charge in [0.25, 0.3) is 0 Å². The van der Waals surface area contributed by atoms with Crippen molar-refractivity contribution in [2.75, 3.05) is 6.61 Å². The first kappa shape index (κ1) is 23.9. The first-order valence-electron chi connectivity index (χ1n) is 10.2. The second-order valence-corrected chi connectivity index (χ2v) is 6.95. The molecule has 0 aromatic rings. The van der Waals surface area contributed by atoms with Crippen molar-refractivity contribution in [3.63, 3.8) is 0 Å². The Hall–Kier alpha value is -1.10. The van der Waals surface area contributed by atoms with Crippen LogP contribution in [0.3, 0.4) is 0 Å². The molecule has 5 nitrogen and oxygen atoms in total. The zero-order chi connectivity index (χ0) is 18.8. The van der Waals surface area contributed by atoms with Gasteiger partial charge in [-0.3, -0.25) is 9.59 Å². The molecule has 0 aromatic heterocycles. The number of hydrogen-bond donors (Lipinski definition) is 2. The van der Waals surface area contributed by atoms with E-state index in [1.165, 1.54) is 70.6 Å². The summed E-state index contributed by atoms with van der Waals surface area (Å²) < 4.78 is 4.99. The zero-order valence-corrected chi connectivity index (χ0v) is 16.1. The van der Waals surface area contributed by atoms with E-state index in [0.717, 1.165) is 12.8 Å². The Kier molecular flexibility index (Phi) is 16.9. The van der Waals surface area contributed by atoms with Crippen molar-refractivity contribution in [1.29, 1.82) is 0 Å². The molecule has 1 atom stereocenters. The molecule has 0 bridgehead atoms. The Morgan fingerprint density at radius 3 is 1.72 bits per heavy atom. The quantitative estimate of drug-likeness (QED) is 0.271. The molecule has 0 aliphatic carbocycles. The fraction of sp³-hybridized carbons (Fsp3) is 0.900. The van der Waals surface area contributed by atoms with Crippen LogP contribution in [-0.2, 0) is 14.3 Å². The maximum Gasteiger partial charge on any atom is 0.320 e. The number of unbranched alkanes of at least 4 members (excludes halogenated alkanes) is 12. The smallest absolute Gasteiger partial charge is 0.320 e. The van der Waals surface area contributed by atoms with Crippen LogP contribution in [0.5, 0.6) is 0 Å². The molecule has 0 unspecified atom stereocenters. The van der Waals surface area contributed by atoms with Gasteiger partial charge in [0.1, 0.15) is 6.04 Å². The summed E-state index contributed by atoms with van der Waals surface area (Å²) >= 11 is 0. The van der Waals surface area contributed by atoms with E-state index in [2.05, 4.69) is 6.92 Å². The zero-order valence-electron chi connectivity index (χ0n) is 16.1. The molecular formula is C20H39NO4. The Labute approximate surface area is 153 Å². The first-order chi connectivity index (χ1) is 12.1. The van der Waals surface area contributed by atoms with Crippen molar-refractivity contribution in [2.24, 2.45) is 5.73 Å². The van der Waals surface area contributed by atoms with Crippen molar-refractivity contribution in [3.8, 4) is 0 Å². The average Bonchev–Trinajstić information content (AvgIpc) is 2.58. The number of aliphatic carboxylic acids is 1. The lowest BCUT2D eigenvalue weighted by Crippen LogP contribution is -2.31. The highest BCUT2D eigenvalue weighted by atomic mass is 16.5. The van der Waals surface area contributed by atoms with E-state index in [0.29, 0.717) is 6.42 Å². The maximum atomic E-state index is 11.5. The molecule has 25 heavy (non-hydrogen) atoms. The third-order valence-corrected chi connectivity index (χ3v) is 4.49. The Morgan fingerprint density at radius 2 is 1.28 bits per heavy atom. The van der Waals surface area contributed by atoms with Crippen LogP contribution in [0.1, 0.15) is 103 Å². The van der Waals surface area contributed by atoms with E-state index in [1.54, 1.807) is 0 Å². The standard InChI is InChI=1S/C20H39NO4/c1-2-3-4-5-6-7-8-9-10-11-12-13-14-15-19(22)25-17-16-18(21)20(23)24/h18H,2-17,21H2,1H3,(H,23,24)/t18-/m0/s1. The molecule has 0 heterocycles. The lowest BCUT2D eigenvalue weighted by molar-refractivity contribution is -0.146. The number of nitrogens with two attached hydrogens (primary N) is 1. The van der Waals surface area contributed by atoms with E-state index in [4.69, 9.17) is 15.6 Å². The summed E-state index contributed by atoms with van der Waals surface area (Å²) in [5, 5.41) is 8.62. The van der Waals surface area contributed by atoms with Crippen LogP contribution in [0.2, 0.25) is 0 Å². The summed E-state index contributed by atoms with van der Waals surface area (Å²) in [4.78, 5) is 22.0. The van der Waals surface area contributed by atoms with Crippen LogP contribution < -0.4 is 5.73 Å². The molecule has 0 aliphatic rings. The molecule has 148 valence electrons. The fourth-order valence-corrected chi connectivity index (χ4v) is 2.78. The van der Waals surface area contributed by atoms with Crippen LogP contribution in [0.4, 0.5) is 0 Å². The van der Waals surface area contributed by atoms with Gasteiger partial charge in [0.15, 0.2) is 0 Å². The van der Waals surface area contributed by atoms with E-state index >= 15 is 0 Å². The van der Waals surface area contributed by atoms with Crippen molar-refractivity contribution >= 4 is 11.9 Å². The normalized spacial score (nSPS) is 12.1. The Bertz CT molecular complexity index is 334. The molecule has 0 amide bonds. The molecule has 0 aromatic carbocycles. The van der Waals surface area contributed by atoms with Gasteiger partial charge in [0, 0.05) is 12.8 Å². The van der Waals surface area contributed by atoms with Crippen molar-refractivity contribution in [2.45, 2.75) is 109 Å². The van der Waals surface area contributed by atoms with Gasteiger partial charge in [-0.25, -0.2) is 0 Å². The predicted molar refractivity (Wildman–Crippen MR) is 101 cm³/mol. The van der Waals surface area contributed by atoms with Gasteiger partial charge >= 0.3 is 11.9 Å². The number of esters is 1. The summed E-state index contributed by atoms with van der Waals surface area (Å²) in [6.07, 6.45) is 17.1. The highest BCUT2D eigenvalue weighted by Crippen LogP contribution is 2.13. The molecule has 0 spiro atoms. The van der Waals surface area contributed by atoms with Gasteiger partial charge in [-0.2, -0.15) is 0 Å². The lowest BCUT2D eigenvalue weighted by Gasteiger charge is -2.07. The second-order valence-electron chi connectivity index (χ2n) is 6.95. The molecule has 3 N–H and O–H groups in total. The van der Waals surface area contributed by atoms with Crippen LogP contribution in [-0.4, -0.2) is 29.7 Å². The Balaban J connectivity index is 3.22. The number of ether oxygens (including phenoxy) is 1. The minimum atomic E-state index is -1.06. The van der Waals surface area contributed by atoms with Crippen LogP contribution in [0, 0.1) is 0 Å². The molecule has 0 fully saturated rings. The minimum Gasteiger partial charge on any atom is -0.480 e. The molecule has 0 rings (SSSR count). The molecular weight excluding hydrogens is 318 g/mol. The SMILES string of the molecule is CCCCCCCCCCCCCCCC(=O)OCC[C@H](N)C(=O)O. The van der Waals surface area contributed by atoms with Gasteiger partial charge in [-0.15, -0.1) is 0 Å². The molecule has 0 aliphatic heterocycles. The number of carboxylic acid groups (broad SMARTS) is 1. The van der Waals surface area contributed by atoms with E-state index < -0.39 is 12.0 Å². The summed E-state index contributed by atoms with van der Waals surface area (Å²) in [7, 11) is 0. The monoisotopic (exact) mass is 357 g/mol.